The van der Waals surface area contributed by atoms with Crippen LogP contribution >= 0.6 is 0 Å². The van der Waals surface area contributed by atoms with Crippen molar-refractivity contribution in [2.24, 2.45) is 4.99 Å². The zero-order chi connectivity index (χ0) is 24.7. The van der Waals surface area contributed by atoms with E-state index in [9.17, 15) is 22.8 Å². The molecule has 0 saturated heterocycles. The van der Waals surface area contributed by atoms with Gasteiger partial charge in [0.2, 0.25) is 5.90 Å². The lowest BCUT2D eigenvalue weighted by molar-refractivity contribution is -0.155. The van der Waals surface area contributed by atoms with Crippen LogP contribution in [0, 0.1) is 0 Å². The third-order valence-electron chi connectivity index (χ3n) is 4.47. The fourth-order valence-corrected chi connectivity index (χ4v) is 2.95. The number of aliphatic hydroxyl groups is 1. The number of amides is 1. The first kappa shape index (κ1) is 26.4. The molecule has 33 heavy (non-hydrogen) atoms. The van der Waals surface area contributed by atoms with Crippen molar-refractivity contribution in [3.05, 3.63) is 29.8 Å². The summed E-state index contributed by atoms with van der Waals surface area (Å²) >= 11 is 0. The molecule has 2 rings (SSSR count). The monoisotopic (exact) mass is 474 g/mol. The van der Waals surface area contributed by atoms with Gasteiger partial charge in [-0.1, -0.05) is 0 Å². The van der Waals surface area contributed by atoms with Crippen LogP contribution in [0.1, 0.15) is 45.6 Å². The van der Waals surface area contributed by atoms with Crippen molar-refractivity contribution >= 4 is 17.8 Å². The van der Waals surface area contributed by atoms with Gasteiger partial charge < -0.3 is 24.6 Å². The van der Waals surface area contributed by atoms with Crippen molar-refractivity contribution in [1.82, 2.24) is 5.32 Å². The van der Waals surface area contributed by atoms with Crippen LogP contribution in [0.3, 0.4) is 0 Å². The van der Waals surface area contributed by atoms with Gasteiger partial charge in [-0.25, -0.2) is 4.99 Å². The van der Waals surface area contributed by atoms with Gasteiger partial charge in [0.15, 0.2) is 5.54 Å². The van der Waals surface area contributed by atoms with Crippen LogP contribution in [-0.2, 0) is 19.1 Å². The fourth-order valence-electron chi connectivity index (χ4n) is 2.95. The number of alkyl halides is 3. The summed E-state index contributed by atoms with van der Waals surface area (Å²) in [5.74, 6) is -0.964. The first-order valence-electron chi connectivity index (χ1n) is 10.5. The van der Waals surface area contributed by atoms with E-state index in [2.05, 4.69) is 4.99 Å². The number of esters is 1. The molecular weight excluding hydrogens is 445 g/mol. The Bertz CT molecular complexity index is 849. The minimum absolute atomic E-state index is 0.00447. The lowest BCUT2D eigenvalue weighted by Crippen LogP contribution is -2.49. The van der Waals surface area contributed by atoms with Crippen LogP contribution in [0.5, 0.6) is 5.75 Å². The van der Waals surface area contributed by atoms with Crippen LogP contribution in [0.4, 0.5) is 13.2 Å². The molecule has 1 aromatic carbocycles. The molecule has 0 saturated carbocycles. The second-order valence-corrected chi connectivity index (χ2v) is 8.57. The molecule has 2 N–H and O–H groups in total. The SMILES string of the molecule is CC(C)(C)OC(=O)CC[C@]1(C(=O)NCC(F)(F)F)COC(c2ccc(OCCCO)cc2)=N1. The average Bonchev–Trinajstić information content (AvgIpc) is 3.15. The number of benzene rings is 1. The van der Waals surface area contributed by atoms with Crippen molar-refractivity contribution in [2.45, 2.75) is 57.3 Å². The standard InChI is InChI=1S/C22H29F3N2O6/c1-20(2,3)33-17(29)9-10-21(19(30)26-13-22(23,24)25)14-32-18(27-21)15-5-7-16(8-6-15)31-12-4-11-28/h5-8,28H,4,9-14H2,1-3H3,(H,26,30)/t21-/m1/s1. The number of aliphatic hydroxyl groups excluding tert-OH is 1. The Kier molecular flexibility index (Phi) is 8.70. The molecular formula is C22H29F3N2O6. The lowest BCUT2D eigenvalue weighted by atomic mass is 9.94. The number of hydrogen-bond donors (Lipinski definition) is 2. The number of halogens is 3. The van der Waals surface area contributed by atoms with Gasteiger partial charge in [-0.3, -0.25) is 9.59 Å². The maximum atomic E-state index is 12.7. The second-order valence-electron chi connectivity index (χ2n) is 8.57. The highest BCUT2D eigenvalue weighted by molar-refractivity contribution is 6.00. The lowest BCUT2D eigenvalue weighted by Gasteiger charge is -2.24. The number of nitrogens with zero attached hydrogens (tertiary/aromatic N) is 1. The van der Waals surface area contributed by atoms with Gasteiger partial charge in [0.05, 0.1) is 6.61 Å². The fraction of sp³-hybridized carbons (Fsp3) is 0.591. The quantitative estimate of drug-likeness (QED) is 0.399. The summed E-state index contributed by atoms with van der Waals surface area (Å²) in [6.07, 6.45) is -4.53. The molecule has 1 atom stereocenters. The molecule has 8 nitrogen and oxygen atoms in total. The summed E-state index contributed by atoms with van der Waals surface area (Å²) in [4.78, 5) is 29.1. The maximum absolute atomic E-state index is 12.7. The number of aliphatic imine (C=N–C) groups is 1. The zero-order valence-electron chi connectivity index (χ0n) is 18.8. The second kappa shape index (κ2) is 10.9. The van der Waals surface area contributed by atoms with Gasteiger partial charge in [0, 0.05) is 25.0 Å². The number of hydrogen-bond acceptors (Lipinski definition) is 7. The van der Waals surface area contributed by atoms with Gasteiger partial charge in [0.1, 0.15) is 24.5 Å². The number of nitrogens with one attached hydrogen (secondary N) is 1. The minimum Gasteiger partial charge on any atom is -0.494 e. The molecule has 0 unspecified atom stereocenters. The van der Waals surface area contributed by atoms with Crippen molar-refractivity contribution in [3.63, 3.8) is 0 Å². The predicted octanol–water partition coefficient (Wildman–Crippen LogP) is 2.76. The molecule has 1 aliphatic heterocycles. The molecule has 0 spiro atoms. The number of ether oxygens (including phenoxy) is 3. The molecule has 1 heterocycles. The van der Waals surface area contributed by atoms with E-state index in [0.717, 1.165) is 0 Å². The highest BCUT2D eigenvalue weighted by Crippen LogP contribution is 2.29. The molecule has 184 valence electrons. The molecule has 1 aromatic rings. The van der Waals surface area contributed by atoms with E-state index in [1.165, 1.54) is 0 Å². The molecule has 0 aromatic heterocycles. The first-order valence-corrected chi connectivity index (χ1v) is 10.5. The summed E-state index contributed by atoms with van der Waals surface area (Å²) in [5.41, 5.74) is -1.95. The number of carbonyl (C=O) groups is 2. The Hall–Kier alpha value is -2.82. The van der Waals surface area contributed by atoms with Gasteiger partial charge in [0.25, 0.3) is 5.91 Å². The van der Waals surface area contributed by atoms with E-state index >= 15 is 0 Å². The van der Waals surface area contributed by atoms with E-state index in [1.807, 2.05) is 5.32 Å². The topological polar surface area (TPSA) is 106 Å². The van der Waals surface area contributed by atoms with Crippen LogP contribution in [0.25, 0.3) is 0 Å². The van der Waals surface area contributed by atoms with Gasteiger partial charge >= 0.3 is 12.1 Å². The Morgan fingerprint density at radius 3 is 2.45 bits per heavy atom. The smallest absolute Gasteiger partial charge is 0.405 e. The van der Waals surface area contributed by atoms with Crippen molar-refractivity contribution in [2.75, 3.05) is 26.4 Å². The minimum atomic E-state index is -4.60. The molecule has 1 amide bonds. The zero-order valence-corrected chi connectivity index (χ0v) is 18.8. The van der Waals surface area contributed by atoms with Gasteiger partial charge in [-0.15, -0.1) is 0 Å². The van der Waals surface area contributed by atoms with E-state index in [0.29, 0.717) is 24.3 Å². The van der Waals surface area contributed by atoms with E-state index in [4.69, 9.17) is 19.3 Å². The summed E-state index contributed by atoms with van der Waals surface area (Å²) in [7, 11) is 0. The Morgan fingerprint density at radius 1 is 1.21 bits per heavy atom. The number of carbonyl (C=O) groups excluding carboxylic acids is 2. The van der Waals surface area contributed by atoms with Gasteiger partial charge in [-0.2, -0.15) is 13.2 Å². The third kappa shape index (κ3) is 8.56. The van der Waals surface area contributed by atoms with Crippen LogP contribution in [0.15, 0.2) is 29.3 Å². The van der Waals surface area contributed by atoms with E-state index in [-0.39, 0.29) is 32.0 Å². The van der Waals surface area contributed by atoms with E-state index < -0.39 is 35.7 Å². The maximum Gasteiger partial charge on any atom is 0.405 e. The summed E-state index contributed by atoms with van der Waals surface area (Å²) < 4.78 is 54.2. The molecule has 0 radical (unpaired) electrons. The highest BCUT2D eigenvalue weighted by Gasteiger charge is 2.45. The summed E-state index contributed by atoms with van der Waals surface area (Å²) in [5, 5.41) is 10.6. The van der Waals surface area contributed by atoms with Crippen LogP contribution in [-0.4, -0.2) is 66.6 Å². The Labute approximate surface area is 190 Å². The number of rotatable bonds is 10. The Balaban J connectivity index is 2.19. The summed E-state index contributed by atoms with van der Waals surface area (Å²) in [6.45, 7) is 3.55. The van der Waals surface area contributed by atoms with Crippen molar-refractivity contribution in [3.8, 4) is 5.75 Å². The van der Waals surface area contributed by atoms with Crippen molar-refractivity contribution < 1.29 is 42.1 Å². The normalized spacial score (nSPS) is 18.3. The highest BCUT2D eigenvalue weighted by atomic mass is 19.4. The molecule has 0 fully saturated rings. The summed E-state index contributed by atoms with van der Waals surface area (Å²) in [6, 6.07) is 6.54. The predicted molar refractivity (Wildman–Crippen MR) is 113 cm³/mol. The molecule has 0 bridgehead atoms. The molecule has 11 heteroatoms. The molecule has 1 aliphatic rings. The van der Waals surface area contributed by atoms with E-state index in [1.54, 1.807) is 45.0 Å². The van der Waals surface area contributed by atoms with Crippen LogP contribution < -0.4 is 10.1 Å². The first-order chi connectivity index (χ1) is 15.3. The average molecular weight is 474 g/mol. The van der Waals surface area contributed by atoms with Gasteiger partial charge in [-0.05, 0) is 51.5 Å². The Morgan fingerprint density at radius 2 is 1.88 bits per heavy atom. The van der Waals surface area contributed by atoms with Crippen molar-refractivity contribution in [1.29, 1.82) is 0 Å². The molecule has 0 aliphatic carbocycles. The van der Waals surface area contributed by atoms with Crippen LogP contribution in [0.2, 0.25) is 0 Å². The third-order valence-corrected chi connectivity index (χ3v) is 4.47. The largest absolute Gasteiger partial charge is 0.494 e.